The van der Waals surface area contributed by atoms with Crippen LogP contribution in [0.4, 0.5) is 17.3 Å². The molecule has 0 radical (unpaired) electrons. The van der Waals surface area contributed by atoms with E-state index in [4.69, 9.17) is 0 Å². The molecule has 0 spiro atoms. The zero-order chi connectivity index (χ0) is 18.2. The van der Waals surface area contributed by atoms with Crippen LogP contribution in [0, 0.1) is 0 Å². The molecule has 132 valence electrons. The zero-order valence-electron chi connectivity index (χ0n) is 14.2. The lowest BCUT2D eigenvalue weighted by atomic mass is 10.1. The second-order valence-corrected chi connectivity index (χ2v) is 7.95. The summed E-state index contributed by atoms with van der Waals surface area (Å²) in [6.07, 6.45) is 3.15. The number of amides is 1. The fraction of sp³-hybridized carbons (Fsp3) is 0.312. The summed E-state index contributed by atoms with van der Waals surface area (Å²) in [6, 6.07) is 6.69. The lowest BCUT2D eigenvalue weighted by molar-refractivity contribution is 0.102. The molecule has 0 aliphatic carbocycles. The van der Waals surface area contributed by atoms with E-state index in [1.807, 2.05) is 19.0 Å². The molecule has 0 saturated carbocycles. The first-order chi connectivity index (χ1) is 11.8. The number of benzene rings is 1. The van der Waals surface area contributed by atoms with Crippen molar-refractivity contribution in [2.45, 2.75) is 6.42 Å². The maximum absolute atomic E-state index is 12.5. The third-order valence-corrected chi connectivity index (χ3v) is 5.13. The summed E-state index contributed by atoms with van der Waals surface area (Å²) >= 11 is 0. The summed E-state index contributed by atoms with van der Waals surface area (Å²) in [5, 5.41) is 2.74. The van der Waals surface area contributed by atoms with Gasteiger partial charge in [0, 0.05) is 32.3 Å². The smallest absolute Gasteiger partial charge is 0.256 e. The number of sulfonamides is 1. The van der Waals surface area contributed by atoms with E-state index < -0.39 is 10.0 Å². The van der Waals surface area contributed by atoms with Gasteiger partial charge >= 0.3 is 0 Å². The van der Waals surface area contributed by atoms with Gasteiger partial charge in [-0.1, -0.05) is 0 Å². The number of nitrogens with one attached hydrogen (secondary N) is 1. The van der Waals surface area contributed by atoms with Crippen LogP contribution in [0.2, 0.25) is 0 Å². The van der Waals surface area contributed by atoms with Gasteiger partial charge in [-0.05, 0) is 30.2 Å². The fourth-order valence-corrected chi connectivity index (χ4v) is 3.66. The minimum Gasteiger partial charge on any atom is -0.363 e. The topological polar surface area (TPSA) is 95.5 Å². The predicted octanol–water partition coefficient (Wildman–Crippen LogP) is 1.12. The van der Waals surface area contributed by atoms with E-state index in [-0.39, 0.29) is 5.91 Å². The molecule has 8 nitrogen and oxygen atoms in total. The molecule has 1 aliphatic rings. The van der Waals surface area contributed by atoms with Crippen LogP contribution in [0.25, 0.3) is 0 Å². The van der Waals surface area contributed by atoms with E-state index in [2.05, 4.69) is 15.3 Å². The quantitative estimate of drug-likeness (QED) is 0.877. The number of hydrogen-bond acceptors (Lipinski definition) is 6. The van der Waals surface area contributed by atoms with Crippen molar-refractivity contribution in [1.29, 1.82) is 0 Å². The molecule has 1 aromatic heterocycles. The number of aromatic nitrogens is 2. The van der Waals surface area contributed by atoms with Crippen LogP contribution in [-0.2, 0) is 16.4 Å². The predicted molar refractivity (Wildman–Crippen MR) is 96.6 cm³/mol. The van der Waals surface area contributed by atoms with Gasteiger partial charge in [0.15, 0.2) is 0 Å². The van der Waals surface area contributed by atoms with Gasteiger partial charge in [-0.2, -0.15) is 0 Å². The van der Waals surface area contributed by atoms with Crippen molar-refractivity contribution in [3.63, 3.8) is 0 Å². The molecule has 0 saturated heterocycles. The molecular weight excluding hydrogens is 342 g/mol. The minimum absolute atomic E-state index is 0.302. The van der Waals surface area contributed by atoms with Crippen molar-refractivity contribution in [2.75, 3.05) is 41.4 Å². The average Bonchev–Trinajstić information content (AvgIpc) is 2.98. The molecule has 2 aromatic rings. The lowest BCUT2D eigenvalue weighted by Crippen LogP contribution is -2.27. The highest BCUT2D eigenvalue weighted by atomic mass is 32.2. The third-order valence-electron chi connectivity index (χ3n) is 3.95. The normalized spacial score (nSPS) is 13.5. The molecule has 1 aliphatic heterocycles. The summed E-state index contributed by atoms with van der Waals surface area (Å²) in [5.74, 6) is 0.786. The van der Waals surface area contributed by atoms with Crippen LogP contribution in [0.15, 0.2) is 30.6 Å². The number of rotatable bonds is 4. The van der Waals surface area contributed by atoms with Gasteiger partial charge in [-0.25, -0.2) is 18.4 Å². The lowest BCUT2D eigenvalue weighted by Gasteiger charge is -2.16. The summed E-state index contributed by atoms with van der Waals surface area (Å²) in [5.41, 5.74) is 1.94. The number of anilines is 3. The van der Waals surface area contributed by atoms with Crippen molar-refractivity contribution < 1.29 is 13.2 Å². The Morgan fingerprint density at radius 1 is 1.24 bits per heavy atom. The first-order valence-electron chi connectivity index (χ1n) is 7.67. The number of hydrogen-bond donors (Lipinski definition) is 1. The minimum atomic E-state index is -3.30. The molecule has 1 aromatic carbocycles. The fourth-order valence-electron chi connectivity index (χ4n) is 2.71. The summed E-state index contributed by atoms with van der Waals surface area (Å²) < 4.78 is 24.9. The third kappa shape index (κ3) is 3.55. The molecule has 25 heavy (non-hydrogen) atoms. The van der Waals surface area contributed by atoms with Gasteiger partial charge in [0.1, 0.15) is 18.0 Å². The Labute approximate surface area is 146 Å². The molecule has 1 amide bonds. The van der Waals surface area contributed by atoms with E-state index in [1.165, 1.54) is 16.9 Å². The molecule has 9 heteroatoms. The molecule has 2 heterocycles. The van der Waals surface area contributed by atoms with Crippen molar-refractivity contribution in [3.05, 3.63) is 41.7 Å². The van der Waals surface area contributed by atoms with Gasteiger partial charge < -0.3 is 10.2 Å². The van der Waals surface area contributed by atoms with Crippen molar-refractivity contribution in [2.24, 2.45) is 0 Å². The molecule has 0 fully saturated rings. The number of carbonyl (C=O) groups excluding carboxylic acids is 1. The Balaban J connectivity index is 1.82. The van der Waals surface area contributed by atoms with Crippen molar-refractivity contribution in [3.8, 4) is 0 Å². The largest absolute Gasteiger partial charge is 0.363 e. The number of carbonyl (C=O) groups is 1. The maximum atomic E-state index is 12.5. The Hall–Kier alpha value is -2.68. The molecule has 3 rings (SSSR count). The van der Waals surface area contributed by atoms with Gasteiger partial charge in [0.25, 0.3) is 5.91 Å². The second kappa shape index (κ2) is 6.32. The summed E-state index contributed by atoms with van der Waals surface area (Å²) in [6.45, 7) is 0.400. The standard InChI is InChI=1S/C16H19N5O3S/c1-20(2)15-9-14(17-10-18-15)19-16(22)12-4-5-13-11(8-12)6-7-21(13)25(3,23)24/h4-5,8-10H,6-7H2,1-3H3,(H,17,18,19,22). The number of fused-ring (bicyclic) bond motifs is 1. The van der Waals surface area contributed by atoms with Gasteiger partial charge in [0.05, 0.1) is 11.9 Å². The molecular formula is C16H19N5O3S. The van der Waals surface area contributed by atoms with E-state index >= 15 is 0 Å². The summed E-state index contributed by atoms with van der Waals surface area (Å²) in [7, 11) is 0.399. The molecule has 0 unspecified atom stereocenters. The Kier molecular flexibility index (Phi) is 4.34. The highest BCUT2D eigenvalue weighted by Gasteiger charge is 2.26. The van der Waals surface area contributed by atoms with Crippen molar-refractivity contribution in [1.82, 2.24) is 9.97 Å². The highest BCUT2D eigenvalue weighted by molar-refractivity contribution is 7.92. The van der Waals surface area contributed by atoms with Crippen LogP contribution in [0.1, 0.15) is 15.9 Å². The van der Waals surface area contributed by atoms with Gasteiger partial charge in [-0.3, -0.25) is 9.10 Å². The van der Waals surface area contributed by atoms with Gasteiger partial charge in [-0.15, -0.1) is 0 Å². The van der Waals surface area contributed by atoms with E-state index in [0.29, 0.717) is 35.9 Å². The molecule has 0 atom stereocenters. The van der Waals surface area contributed by atoms with Crippen LogP contribution < -0.4 is 14.5 Å². The Bertz CT molecular complexity index is 927. The van der Waals surface area contributed by atoms with Gasteiger partial charge in [0.2, 0.25) is 10.0 Å². The van der Waals surface area contributed by atoms with Crippen LogP contribution in [0.5, 0.6) is 0 Å². The number of nitrogens with zero attached hydrogens (tertiary/aromatic N) is 4. The van der Waals surface area contributed by atoms with Crippen LogP contribution >= 0.6 is 0 Å². The average molecular weight is 361 g/mol. The Morgan fingerprint density at radius 2 is 2.00 bits per heavy atom. The molecule has 0 bridgehead atoms. The summed E-state index contributed by atoms with van der Waals surface area (Å²) in [4.78, 5) is 22.4. The van der Waals surface area contributed by atoms with Crippen LogP contribution in [-0.4, -0.2) is 51.2 Å². The van der Waals surface area contributed by atoms with Crippen molar-refractivity contribution >= 4 is 33.3 Å². The van der Waals surface area contributed by atoms with Crippen LogP contribution in [0.3, 0.4) is 0 Å². The molecule has 1 N–H and O–H groups in total. The van der Waals surface area contributed by atoms with E-state index in [0.717, 1.165) is 5.56 Å². The second-order valence-electron chi connectivity index (χ2n) is 6.04. The zero-order valence-corrected chi connectivity index (χ0v) is 15.0. The monoisotopic (exact) mass is 361 g/mol. The van der Waals surface area contributed by atoms with E-state index in [1.54, 1.807) is 24.3 Å². The first kappa shape index (κ1) is 17.2. The highest BCUT2D eigenvalue weighted by Crippen LogP contribution is 2.30. The maximum Gasteiger partial charge on any atom is 0.256 e. The SMILES string of the molecule is CN(C)c1cc(NC(=O)c2ccc3c(c2)CCN3S(C)(=O)=O)ncn1. The van der Waals surface area contributed by atoms with E-state index in [9.17, 15) is 13.2 Å². The first-order valence-corrected chi connectivity index (χ1v) is 9.52. The Morgan fingerprint density at radius 3 is 2.68 bits per heavy atom.